The van der Waals surface area contributed by atoms with E-state index < -0.39 is 0 Å². The molecule has 0 bridgehead atoms. The first-order valence-electron chi connectivity index (χ1n) is 8.50. The number of anilines is 1. The molecule has 1 saturated heterocycles. The Balaban J connectivity index is 1.40. The summed E-state index contributed by atoms with van der Waals surface area (Å²) >= 11 is 0. The molecule has 8 nitrogen and oxygen atoms in total. The molecule has 0 saturated carbocycles. The molecule has 1 N–H and O–H groups in total. The van der Waals surface area contributed by atoms with Crippen LogP contribution in [-0.4, -0.2) is 58.3 Å². The standard InChI is InChI=1S/C17H22N6O2/c1-12(16-20-15(11-24-2)21-25-16)22-7-9-23(10-8-22)17-18-13-5-3-4-6-14(13)19-17/h3-6,12H,7-11H2,1-2H3,(H,18,19). The van der Waals surface area contributed by atoms with Crippen LogP contribution in [0.2, 0.25) is 0 Å². The third-order valence-electron chi connectivity index (χ3n) is 4.65. The maximum absolute atomic E-state index is 5.37. The highest BCUT2D eigenvalue weighted by atomic mass is 16.5. The molecule has 0 spiro atoms. The monoisotopic (exact) mass is 342 g/mol. The number of rotatable bonds is 5. The predicted molar refractivity (Wildman–Crippen MR) is 93.3 cm³/mol. The number of fused-ring (bicyclic) bond motifs is 1. The van der Waals surface area contributed by atoms with E-state index >= 15 is 0 Å². The van der Waals surface area contributed by atoms with E-state index in [2.05, 4.69) is 42.9 Å². The van der Waals surface area contributed by atoms with Gasteiger partial charge in [-0.2, -0.15) is 4.98 Å². The summed E-state index contributed by atoms with van der Waals surface area (Å²) < 4.78 is 10.4. The van der Waals surface area contributed by atoms with Gasteiger partial charge in [0.15, 0.2) is 5.82 Å². The third kappa shape index (κ3) is 3.22. The second-order valence-corrected chi connectivity index (χ2v) is 6.26. The van der Waals surface area contributed by atoms with Crippen LogP contribution in [0, 0.1) is 0 Å². The number of aromatic nitrogens is 4. The SMILES string of the molecule is COCc1noc(C(C)N2CCN(c3nc4ccccc4[nH]3)CC2)n1. The topological polar surface area (TPSA) is 83.3 Å². The Bertz CT molecular complexity index is 803. The summed E-state index contributed by atoms with van der Waals surface area (Å²) in [5.74, 6) is 2.17. The number of nitrogens with one attached hydrogen (secondary N) is 1. The number of hydrogen-bond donors (Lipinski definition) is 1. The van der Waals surface area contributed by atoms with Crippen LogP contribution >= 0.6 is 0 Å². The van der Waals surface area contributed by atoms with E-state index in [1.807, 2.05) is 18.2 Å². The lowest BCUT2D eigenvalue weighted by atomic mass is 10.2. The minimum absolute atomic E-state index is 0.0935. The zero-order chi connectivity index (χ0) is 17.2. The number of benzene rings is 1. The summed E-state index contributed by atoms with van der Waals surface area (Å²) in [6.07, 6.45) is 0. The maximum atomic E-state index is 5.37. The second kappa shape index (κ2) is 6.81. The number of para-hydroxylation sites is 2. The number of ether oxygens (including phenoxy) is 1. The second-order valence-electron chi connectivity index (χ2n) is 6.26. The summed E-state index contributed by atoms with van der Waals surface area (Å²) in [6, 6.07) is 8.20. The summed E-state index contributed by atoms with van der Waals surface area (Å²) in [5.41, 5.74) is 2.08. The molecule has 25 heavy (non-hydrogen) atoms. The zero-order valence-electron chi connectivity index (χ0n) is 14.5. The molecule has 0 aliphatic carbocycles. The largest absolute Gasteiger partial charge is 0.377 e. The van der Waals surface area contributed by atoms with Crippen LogP contribution in [0.1, 0.15) is 24.7 Å². The van der Waals surface area contributed by atoms with Crippen molar-refractivity contribution in [1.29, 1.82) is 0 Å². The molecule has 0 amide bonds. The van der Waals surface area contributed by atoms with Gasteiger partial charge in [0.2, 0.25) is 11.8 Å². The van der Waals surface area contributed by atoms with Crippen LogP contribution in [0.25, 0.3) is 11.0 Å². The number of aromatic amines is 1. The molecule has 1 aliphatic heterocycles. The van der Waals surface area contributed by atoms with Crippen LogP contribution in [0.4, 0.5) is 5.95 Å². The molecule has 132 valence electrons. The quantitative estimate of drug-likeness (QED) is 0.759. The van der Waals surface area contributed by atoms with Gasteiger partial charge in [-0.05, 0) is 19.1 Å². The number of methoxy groups -OCH3 is 1. The highest BCUT2D eigenvalue weighted by Crippen LogP contribution is 2.23. The first-order valence-corrected chi connectivity index (χ1v) is 8.50. The highest BCUT2D eigenvalue weighted by molar-refractivity contribution is 5.77. The normalized spacial score (nSPS) is 17.3. The predicted octanol–water partition coefficient (Wildman–Crippen LogP) is 1.98. The van der Waals surface area contributed by atoms with Crippen LogP contribution in [0.3, 0.4) is 0 Å². The van der Waals surface area contributed by atoms with Crippen LogP contribution < -0.4 is 4.90 Å². The number of H-pyrrole nitrogens is 1. The molecule has 1 aromatic carbocycles. The Morgan fingerprint density at radius 1 is 1.20 bits per heavy atom. The van der Waals surface area contributed by atoms with Crippen molar-refractivity contribution >= 4 is 17.0 Å². The van der Waals surface area contributed by atoms with Crippen molar-refractivity contribution in [2.24, 2.45) is 0 Å². The Morgan fingerprint density at radius 3 is 2.76 bits per heavy atom. The van der Waals surface area contributed by atoms with E-state index in [1.165, 1.54) is 0 Å². The minimum atomic E-state index is 0.0935. The first-order chi connectivity index (χ1) is 12.2. The molecule has 1 atom stereocenters. The van der Waals surface area contributed by atoms with Gasteiger partial charge in [0.25, 0.3) is 0 Å². The van der Waals surface area contributed by atoms with Crippen molar-refractivity contribution in [3.05, 3.63) is 36.0 Å². The molecule has 4 rings (SSSR count). The molecular formula is C17H22N6O2. The van der Waals surface area contributed by atoms with Gasteiger partial charge < -0.3 is 19.1 Å². The first kappa shape index (κ1) is 16.0. The Kier molecular flexibility index (Phi) is 4.37. The molecular weight excluding hydrogens is 320 g/mol. The Morgan fingerprint density at radius 2 is 2.00 bits per heavy atom. The maximum Gasteiger partial charge on any atom is 0.243 e. The highest BCUT2D eigenvalue weighted by Gasteiger charge is 2.26. The van der Waals surface area contributed by atoms with Gasteiger partial charge in [0, 0.05) is 33.3 Å². The van der Waals surface area contributed by atoms with Gasteiger partial charge in [-0.15, -0.1) is 0 Å². The lowest BCUT2D eigenvalue weighted by Gasteiger charge is -2.36. The molecule has 3 heterocycles. The van der Waals surface area contributed by atoms with Gasteiger partial charge in [-0.1, -0.05) is 17.3 Å². The molecule has 0 radical (unpaired) electrons. The molecule has 3 aromatic rings. The summed E-state index contributed by atoms with van der Waals surface area (Å²) in [7, 11) is 1.62. The minimum Gasteiger partial charge on any atom is -0.377 e. The smallest absolute Gasteiger partial charge is 0.243 e. The zero-order valence-corrected chi connectivity index (χ0v) is 14.5. The van der Waals surface area contributed by atoms with E-state index in [0.717, 1.165) is 43.2 Å². The van der Waals surface area contributed by atoms with Crippen molar-refractivity contribution in [3.8, 4) is 0 Å². The summed E-state index contributed by atoms with van der Waals surface area (Å²) in [6.45, 7) is 6.11. The van der Waals surface area contributed by atoms with Gasteiger partial charge in [0.1, 0.15) is 6.61 Å². The van der Waals surface area contributed by atoms with Crippen molar-refractivity contribution < 1.29 is 9.26 Å². The van der Waals surface area contributed by atoms with Crippen molar-refractivity contribution in [2.75, 3.05) is 38.2 Å². The fourth-order valence-electron chi connectivity index (χ4n) is 3.19. The van der Waals surface area contributed by atoms with Gasteiger partial charge in [0.05, 0.1) is 17.1 Å². The summed E-state index contributed by atoms with van der Waals surface area (Å²) in [4.78, 5) is 17.1. The van der Waals surface area contributed by atoms with E-state index in [9.17, 15) is 0 Å². The number of imidazole rings is 1. The van der Waals surface area contributed by atoms with Gasteiger partial charge in [-0.25, -0.2) is 4.98 Å². The van der Waals surface area contributed by atoms with E-state index in [0.29, 0.717) is 18.3 Å². The van der Waals surface area contributed by atoms with Crippen molar-refractivity contribution in [3.63, 3.8) is 0 Å². The van der Waals surface area contributed by atoms with E-state index in [1.54, 1.807) is 7.11 Å². The lowest BCUT2D eigenvalue weighted by molar-refractivity contribution is 0.162. The Hall–Kier alpha value is -2.45. The third-order valence-corrected chi connectivity index (χ3v) is 4.65. The number of hydrogen-bond acceptors (Lipinski definition) is 7. The molecule has 8 heteroatoms. The molecule has 1 fully saturated rings. The van der Waals surface area contributed by atoms with Gasteiger partial charge in [-0.3, -0.25) is 4.90 Å². The molecule has 1 unspecified atom stereocenters. The molecule has 2 aromatic heterocycles. The van der Waals surface area contributed by atoms with E-state index in [4.69, 9.17) is 9.26 Å². The van der Waals surface area contributed by atoms with Crippen LogP contribution in [0.15, 0.2) is 28.8 Å². The summed E-state index contributed by atoms with van der Waals surface area (Å²) in [5, 5.41) is 3.95. The van der Waals surface area contributed by atoms with E-state index in [-0.39, 0.29) is 6.04 Å². The van der Waals surface area contributed by atoms with Gasteiger partial charge >= 0.3 is 0 Å². The van der Waals surface area contributed by atoms with Crippen molar-refractivity contribution in [2.45, 2.75) is 19.6 Å². The lowest BCUT2D eigenvalue weighted by Crippen LogP contribution is -2.47. The van der Waals surface area contributed by atoms with Crippen LogP contribution in [0.5, 0.6) is 0 Å². The van der Waals surface area contributed by atoms with Crippen molar-refractivity contribution in [1.82, 2.24) is 25.0 Å². The average Bonchev–Trinajstić information content (AvgIpc) is 3.28. The fraction of sp³-hybridized carbons (Fsp3) is 0.471. The number of piperazine rings is 1. The molecule has 1 aliphatic rings. The van der Waals surface area contributed by atoms with Crippen LogP contribution in [-0.2, 0) is 11.3 Å². The Labute approximate surface area is 145 Å². The fourth-order valence-corrected chi connectivity index (χ4v) is 3.19. The number of nitrogens with zero attached hydrogens (tertiary/aromatic N) is 5. The average molecular weight is 342 g/mol.